The Morgan fingerprint density at radius 3 is 2.34 bits per heavy atom. The Kier molecular flexibility index (Phi) is 6.73. The SMILES string of the molecule is CC1CCN(C(CNC(=O)c2nn(C(C)C)c(=O)c3ccccc23)C(C)C)CC1. The van der Waals surface area contributed by atoms with Gasteiger partial charge in [0, 0.05) is 18.0 Å². The summed E-state index contributed by atoms with van der Waals surface area (Å²) in [6, 6.07) is 7.41. The van der Waals surface area contributed by atoms with E-state index in [-0.39, 0.29) is 17.5 Å². The number of nitrogens with one attached hydrogen (secondary N) is 1. The normalized spacial score (nSPS) is 17.2. The smallest absolute Gasteiger partial charge is 0.274 e. The molecular formula is C23H34N4O2. The summed E-state index contributed by atoms with van der Waals surface area (Å²) in [6.45, 7) is 13.3. The summed E-state index contributed by atoms with van der Waals surface area (Å²) in [5, 5.41) is 8.68. The monoisotopic (exact) mass is 398 g/mol. The molecule has 1 aliphatic heterocycles. The summed E-state index contributed by atoms with van der Waals surface area (Å²) in [5.41, 5.74) is 0.165. The Balaban J connectivity index is 1.84. The maximum absolute atomic E-state index is 13.1. The van der Waals surface area contributed by atoms with Gasteiger partial charge in [0.2, 0.25) is 0 Å². The van der Waals surface area contributed by atoms with E-state index in [9.17, 15) is 9.59 Å². The van der Waals surface area contributed by atoms with E-state index in [4.69, 9.17) is 0 Å². The summed E-state index contributed by atoms with van der Waals surface area (Å²) in [4.78, 5) is 28.3. The van der Waals surface area contributed by atoms with Crippen molar-refractivity contribution >= 4 is 16.7 Å². The minimum Gasteiger partial charge on any atom is -0.349 e. The molecule has 158 valence electrons. The van der Waals surface area contributed by atoms with Gasteiger partial charge < -0.3 is 5.32 Å². The number of carbonyl (C=O) groups excluding carboxylic acids is 1. The molecule has 2 aromatic rings. The van der Waals surface area contributed by atoms with Crippen LogP contribution >= 0.6 is 0 Å². The van der Waals surface area contributed by atoms with E-state index in [0.29, 0.717) is 35.0 Å². The quantitative estimate of drug-likeness (QED) is 0.809. The van der Waals surface area contributed by atoms with Crippen molar-refractivity contribution in [3.63, 3.8) is 0 Å². The van der Waals surface area contributed by atoms with Crippen molar-refractivity contribution in [1.82, 2.24) is 20.0 Å². The second-order valence-corrected chi connectivity index (χ2v) is 8.98. The van der Waals surface area contributed by atoms with Gasteiger partial charge in [0.25, 0.3) is 11.5 Å². The Morgan fingerprint density at radius 1 is 1.14 bits per heavy atom. The third-order valence-electron chi connectivity index (χ3n) is 6.06. The van der Waals surface area contributed by atoms with E-state index in [0.717, 1.165) is 19.0 Å². The predicted molar refractivity (Wildman–Crippen MR) is 117 cm³/mol. The number of likely N-dealkylation sites (tertiary alicyclic amines) is 1. The van der Waals surface area contributed by atoms with Crippen molar-refractivity contribution in [2.24, 2.45) is 11.8 Å². The maximum Gasteiger partial charge on any atom is 0.274 e. The number of hydrogen-bond donors (Lipinski definition) is 1. The molecule has 1 saturated heterocycles. The molecule has 0 spiro atoms. The van der Waals surface area contributed by atoms with Gasteiger partial charge in [0.15, 0.2) is 5.69 Å². The lowest BCUT2D eigenvalue weighted by atomic mass is 9.94. The van der Waals surface area contributed by atoms with Crippen LogP contribution in [0.2, 0.25) is 0 Å². The lowest BCUT2D eigenvalue weighted by Gasteiger charge is -2.38. The number of carbonyl (C=O) groups is 1. The molecule has 6 nitrogen and oxygen atoms in total. The Morgan fingerprint density at radius 2 is 1.76 bits per heavy atom. The minimum atomic E-state index is -0.216. The Hall–Kier alpha value is -2.21. The highest BCUT2D eigenvalue weighted by molar-refractivity contribution is 6.04. The molecule has 1 aromatic heterocycles. The van der Waals surface area contributed by atoms with E-state index in [2.05, 4.69) is 36.1 Å². The Bertz CT molecular complexity index is 911. The molecule has 1 aliphatic rings. The van der Waals surface area contributed by atoms with Gasteiger partial charge in [-0.05, 0) is 57.7 Å². The standard InChI is InChI=1S/C23H34N4O2/c1-15(2)20(26-12-10-17(5)11-13-26)14-24-22(28)21-18-8-6-7-9-19(18)23(29)27(25-21)16(3)4/h6-9,15-17,20H,10-14H2,1-5H3,(H,24,28). The van der Waals surface area contributed by atoms with Gasteiger partial charge in [0.1, 0.15) is 0 Å². The molecule has 0 bridgehead atoms. The van der Waals surface area contributed by atoms with Crippen LogP contribution in [0.5, 0.6) is 0 Å². The summed E-state index contributed by atoms with van der Waals surface area (Å²) in [6.07, 6.45) is 2.42. The lowest BCUT2D eigenvalue weighted by Crippen LogP contribution is -2.49. The molecule has 1 fully saturated rings. The van der Waals surface area contributed by atoms with Crippen LogP contribution in [0.1, 0.15) is 64.0 Å². The molecule has 1 aromatic carbocycles. The molecule has 6 heteroatoms. The average molecular weight is 399 g/mol. The summed E-state index contributed by atoms with van der Waals surface area (Å²) >= 11 is 0. The van der Waals surface area contributed by atoms with E-state index in [1.807, 2.05) is 26.0 Å². The van der Waals surface area contributed by atoms with E-state index in [1.165, 1.54) is 17.5 Å². The van der Waals surface area contributed by atoms with Crippen molar-refractivity contribution in [3.8, 4) is 0 Å². The van der Waals surface area contributed by atoms with Crippen molar-refractivity contribution in [3.05, 3.63) is 40.3 Å². The fourth-order valence-corrected chi connectivity index (χ4v) is 4.15. The van der Waals surface area contributed by atoms with Crippen LogP contribution in [0, 0.1) is 11.8 Å². The number of fused-ring (bicyclic) bond motifs is 1. The topological polar surface area (TPSA) is 67.2 Å². The zero-order valence-electron chi connectivity index (χ0n) is 18.3. The van der Waals surface area contributed by atoms with Crippen LogP contribution in [-0.2, 0) is 0 Å². The minimum absolute atomic E-state index is 0.114. The van der Waals surface area contributed by atoms with Gasteiger partial charge in [0.05, 0.1) is 11.4 Å². The van der Waals surface area contributed by atoms with Crippen LogP contribution < -0.4 is 10.9 Å². The summed E-state index contributed by atoms with van der Waals surface area (Å²) in [7, 11) is 0. The third-order valence-corrected chi connectivity index (χ3v) is 6.06. The molecule has 0 aliphatic carbocycles. The van der Waals surface area contributed by atoms with Crippen LogP contribution in [0.4, 0.5) is 0 Å². The molecule has 1 N–H and O–H groups in total. The highest BCUT2D eigenvalue weighted by atomic mass is 16.2. The molecule has 0 radical (unpaired) electrons. The zero-order valence-corrected chi connectivity index (χ0v) is 18.3. The van der Waals surface area contributed by atoms with Crippen molar-refractivity contribution in [2.75, 3.05) is 19.6 Å². The van der Waals surface area contributed by atoms with E-state index in [1.54, 1.807) is 12.1 Å². The van der Waals surface area contributed by atoms with Crippen molar-refractivity contribution in [2.45, 2.75) is 59.5 Å². The van der Waals surface area contributed by atoms with Gasteiger partial charge in [-0.15, -0.1) is 0 Å². The van der Waals surface area contributed by atoms with Gasteiger partial charge in [-0.3, -0.25) is 14.5 Å². The number of piperidine rings is 1. The van der Waals surface area contributed by atoms with Gasteiger partial charge >= 0.3 is 0 Å². The first kappa shape index (κ1) is 21.5. The van der Waals surface area contributed by atoms with Crippen molar-refractivity contribution in [1.29, 1.82) is 0 Å². The Labute approximate surface area is 173 Å². The summed E-state index contributed by atoms with van der Waals surface area (Å²) < 4.78 is 1.41. The van der Waals surface area contributed by atoms with Crippen LogP contribution in [-0.4, -0.2) is 46.3 Å². The predicted octanol–water partition coefficient (Wildman–Crippen LogP) is 3.46. The van der Waals surface area contributed by atoms with Crippen molar-refractivity contribution < 1.29 is 4.79 Å². The van der Waals surface area contributed by atoms with E-state index >= 15 is 0 Å². The maximum atomic E-state index is 13.1. The molecule has 2 heterocycles. The molecule has 1 unspecified atom stereocenters. The number of nitrogens with zero attached hydrogens (tertiary/aromatic N) is 3. The van der Waals surface area contributed by atoms with Crippen LogP contribution in [0.15, 0.2) is 29.1 Å². The second kappa shape index (κ2) is 9.08. The lowest BCUT2D eigenvalue weighted by molar-refractivity contribution is 0.0858. The number of amides is 1. The van der Waals surface area contributed by atoms with Crippen LogP contribution in [0.3, 0.4) is 0 Å². The first-order chi connectivity index (χ1) is 13.8. The average Bonchev–Trinajstić information content (AvgIpc) is 2.69. The fraction of sp³-hybridized carbons (Fsp3) is 0.609. The zero-order chi connectivity index (χ0) is 21.1. The first-order valence-electron chi connectivity index (χ1n) is 10.8. The number of aromatic nitrogens is 2. The van der Waals surface area contributed by atoms with E-state index < -0.39 is 0 Å². The molecular weight excluding hydrogens is 364 g/mol. The highest BCUT2D eigenvalue weighted by Crippen LogP contribution is 2.21. The number of benzene rings is 1. The molecule has 3 rings (SSSR count). The molecule has 1 amide bonds. The highest BCUT2D eigenvalue weighted by Gasteiger charge is 2.27. The third kappa shape index (κ3) is 4.69. The fourth-order valence-electron chi connectivity index (χ4n) is 4.15. The molecule has 1 atom stereocenters. The van der Waals surface area contributed by atoms with Gasteiger partial charge in [-0.1, -0.05) is 39.0 Å². The van der Waals surface area contributed by atoms with Crippen LogP contribution in [0.25, 0.3) is 10.8 Å². The van der Waals surface area contributed by atoms with Gasteiger partial charge in [-0.2, -0.15) is 5.10 Å². The summed E-state index contributed by atoms with van der Waals surface area (Å²) in [5.74, 6) is 1.01. The number of hydrogen-bond acceptors (Lipinski definition) is 4. The van der Waals surface area contributed by atoms with Gasteiger partial charge in [-0.25, -0.2) is 4.68 Å². The largest absolute Gasteiger partial charge is 0.349 e. The molecule has 29 heavy (non-hydrogen) atoms. The second-order valence-electron chi connectivity index (χ2n) is 8.98. The number of rotatable bonds is 6. The molecule has 0 saturated carbocycles. The first-order valence-corrected chi connectivity index (χ1v) is 10.8.